The number of rotatable bonds is 4. The molecule has 3 atom stereocenters. The van der Waals surface area contributed by atoms with E-state index in [0.29, 0.717) is 18.6 Å². The third-order valence-electron chi connectivity index (χ3n) is 4.47. The monoisotopic (exact) mass is 339 g/mol. The van der Waals surface area contributed by atoms with Crippen molar-refractivity contribution in [2.75, 3.05) is 18.5 Å². The number of nitrogens with one attached hydrogen (secondary N) is 1. The van der Waals surface area contributed by atoms with E-state index in [1.165, 1.54) is 17.7 Å². The molecule has 0 saturated carbocycles. The first-order valence-corrected chi connectivity index (χ1v) is 8.37. The molecular weight excluding hydrogens is 318 g/mol. The molecule has 4 heteroatoms. The molecule has 2 heterocycles. The molecule has 0 spiro atoms. The number of ether oxygens (including phenoxy) is 1. The Labute approximate surface area is 128 Å². The van der Waals surface area contributed by atoms with Crippen molar-refractivity contribution in [1.29, 1.82) is 0 Å². The maximum absolute atomic E-state index is 8.97. The minimum absolute atomic E-state index is 0.233. The molecule has 20 heavy (non-hydrogen) atoms. The van der Waals surface area contributed by atoms with E-state index < -0.39 is 0 Å². The molecule has 1 aromatic rings. The highest BCUT2D eigenvalue weighted by molar-refractivity contribution is 9.10. The van der Waals surface area contributed by atoms with Crippen molar-refractivity contribution in [2.45, 2.75) is 44.2 Å². The molecule has 0 radical (unpaired) electrons. The van der Waals surface area contributed by atoms with Crippen molar-refractivity contribution >= 4 is 21.6 Å². The highest BCUT2D eigenvalue weighted by atomic mass is 79.9. The molecule has 2 aliphatic heterocycles. The minimum atomic E-state index is 0.233. The van der Waals surface area contributed by atoms with Crippen LogP contribution in [0.15, 0.2) is 22.7 Å². The van der Waals surface area contributed by atoms with E-state index in [1.54, 1.807) is 0 Å². The van der Waals surface area contributed by atoms with Gasteiger partial charge in [-0.3, -0.25) is 0 Å². The molecule has 0 aliphatic carbocycles. The fraction of sp³-hybridized carbons (Fsp3) is 0.625. The van der Waals surface area contributed by atoms with Gasteiger partial charge in [-0.05, 0) is 50.3 Å². The maximum atomic E-state index is 8.97. The van der Waals surface area contributed by atoms with Crippen molar-refractivity contribution in [1.82, 2.24) is 0 Å². The van der Waals surface area contributed by atoms with Crippen LogP contribution in [0.1, 0.15) is 43.8 Å². The quantitative estimate of drug-likeness (QED) is 0.818. The summed E-state index contributed by atoms with van der Waals surface area (Å²) in [6, 6.07) is 6.89. The van der Waals surface area contributed by atoms with Crippen LogP contribution in [-0.2, 0) is 4.74 Å². The summed E-state index contributed by atoms with van der Waals surface area (Å²) in [5.74, 6) is 0.559. The topological polar surface area (TPSA) is 41.5 Å². The zero-order valence-electron chi connectivity index (χ0n) is 11.6. The van der Waals surface area contributed by atoms with Crippen LogP contribution in [0.5, 0.6) is 0 Å². The summed E-state index contributed by atoms with van der Waals surface area (Å²) < 4.78 is 7.21. The van der Waals surface area contributed by atoms with Crippen LogP contribution in [0.2, 0.25) is 0 Å². The first kappa shape index (κ1) is 14.4. The van der Waals surface area contributed by atoms with E-state index in [0.717, 1.165) is 36.8 Å². The zero-order chi connectivity index (χ0) is 13.9. The van der Waals surface area contributed by atoms with Crippen LogP contribution >= 0.6 is 15.9 Å². The zero-order valence-corrected chi connectivity index (χ0v) is 13.2. The van der Waals surface area contributed by atoms with Crippen molar-refractivity contribution in [3.8, 4) is 0 Å². The third kappa shape index (κ3) is 2.87. The molecule has 1 aromatic carbocycles. The molecule has 0 bridgehead atoms. The van der Waals surface area contributed by atoms with E-state index in [1.807, 2.05) is 0 Å². The molecule has 3 rings (SSSR count). The number of fused-ring (bicyclic) bond motifs is 3. The van der Waals surface area contributed by atoms with Gasteiger partial charge in [0.05, 0.1) is 6.10 Å². The molecule has 0 unspecified atom stereocenters. The van der Waals surface area contributed by atoms with Crippen LogP contribution in [0.25, 0.3) is 0 Å². The summed E-state index contributed by atoms with van der Waals surface area (Å²) in [5, 5.41) is 12.7. The SMILES string of the molecule is OCCCC[C@H]1Nc2ccc(Br)cc2[C@@H]2OCCC[C@H]12. The Balaban J connectivity index is 1.83. The molecule has 0 aromatic heterocycles. The van der Waals surface area contributed by atoms with Crippen LogP contribution in [-0.4, -0.2) is 24.4 Å². The van der Waals surface area contributed by atoms with Crippen molar-refractivity contribution < 1.29 is 9.84 Å². The first-order chi connectivity index (χ1) is 9.79. The summed E-state index contributed by atoms with van der Waals surface area (Å²) in [6.45, 7) is 1.16. The average Bonchev–Trinajstić information content (AvgIpc) is 2.48. The summed E-state index contributed by atoms with van der Waals surface area (Å²) in [4.78, 5) is 0. The minimum Gasteiger partial charge on any atom is -0.396 e. The van der Waals surface area contributed by atoms with E-state index in [2.05, 4.69) is 39.4 Å². The second-order valence-corrected chi connectivity index (χ2v) is 6.71. The van der Waals surface area contributed by atoms with Crippen LogP contribution in [0, 0.1) is 5.92 Å². The van der Waals surface area contributed by atoms with Crippen molar-refractivity contribution in [3.05, 3.63) is 28.2 Å². The predicted octanol–water partition coefficient (Wildman–Crippen LogP) is 3.87. The second kappa shape index (κ2) is 6.46. The Morgan fingerprint density at radius 1 is 1.35 bits per heavy atom. The second-order valence-electron chi connectivity index (χ2n) is 5.80. The number of halogens is 1. The normalized spacial score (nSPS) is 28.4. The van der Waals surface area contributed by atoms with Gasteiger partial charge in [-0.1, -0.05) is 15.9 Å². The number of anilines is 1. The standard InChI is InChI=1S/C16H22BrNO2/c17-11-6-7-15-13(10-11)16-12(4-3-9-20-16)14(18-15)5-1-2-8-19/h6-7,10,12,14,16,18-19H,1-5,8-9H2/t12-,14-,16-/m1/s1. The lowest BCUT2D eigenvalue weighted by Gasteiger charge is -2.43. The highest BCUT2D eigenvalue weighted by Crippen LogP contribution is 2.45. The van der Waals surface area contributed by atoms with Gasteiger partial charge in [0.15, 0.2) is 0 Å². The smallest absolute Gasteiger partial charge is 0.0892 e. The Morgan fingerprint density at radius 2 is 2.25 bits per heavy atom. The number of unbranched alkanes of at least 4 members (excludes halogenated alkanes) is 1. The van der Waals surface area contributed by atoms with Gasteiger partial charge in [-0.15, -0.1) is 0 Å². The molecule has 0 amide bonds. The van der Waals surface area contributed by atoms with Gasteiger partial charge in [0.1, 0.15) is 0 Å². The Bertz CT molecular complexity index is 466. The van der Waals surface area contributed by atoms with Crippen LogP contribution in [0.3, 0.4) is 0 Å². The van der Waals surface area contributed by atoms with Gasteiger partial charge in [-0.2, -0.15) is 0 Å². The fourth-order valence-electron chi connectivity index (χ4n) is 3.51. The maximum Gasteiger partial charge on any atom is 0.0892 e. The van der Waals surface area contributed by atoms with Crippen LogP contribution in [0.4, 0.5) is 5.69 Å². The number of benzene rings is 1. The summed E-state index contributed by atoms with van der Waals surface area (Å²) >= 11 is 3.56. The molecule has 2 N–H and O–H groups in total. The lowest BCUT2D eigenvalue weighted by atomic mass is 9.78. The molecule has 1 fully saturated rings. The third-order valence-corrected chi connectivity index (χ3v) is 4.96. The van der Waals surface area contributed by atoms with Gasteiger partial charge in [-0.25, -0.2) is 0 Å². The van der Waals surface area contributed by atoms with Gasteiger partial charge >= 0.3 is 0 Å². The number of aliphatic hydroxyl groups excluding tert-OH is 1. The van der Waals surface area contributed by atoms with Crippen molar-refractivity contribution in [3.63, 3.8) is 0 Å². The predicted molar refractivity (Wildman–Crippen MR) is 83.9 cm³/mol. The number of aliphatic hydroxyl groups is 1. The lowest BCUT2D eigenvalue weighted by Crippen LogP contribution is -2.41. The summed E-state index contributed by atoms with van der Waals surface area (Å²) in [7, 11) is 0. The Morgan fingerprint density at radius 3 is 3.10 bits per heavy atom. The summed E-state index contributed by atoms with van der Waals surface area (Å²) in [6.07, 6.45) is 5.69. The van der Waals surface area contributed by atoms with Crippen LogP contribution < -0.4 is 5.32 Å². The number of hydrogen-bond donors (Lipinski definition) is 2. The first-order valence-electron chi connectivity index (χ1n) is 7.58. The average molecular weight is 340 g/mol. The molecular formula is C16H22BrNO2. The molecule has 2 aliphatic rings. The van der Waals surface area contributed by atoms with E-state index in [-0.39, 0.29) is 6.10 Å². The van der Waals surface area contributed by atoms with Crippen molar-refractivity contribution in [2.24, 2.45) is 5.92 Å². The van der Waals surface area contributed by atoms with Gasteiger partial charge < -0.3 is 15.2 Å². The van der Waals surface area contributed by atoms with E-state index >= 15 is 0 Å². The van der Waals surface area contributed by atoms with Gasteiger partial charge in [0.25, 0.3) is 0 Å². The molecule has 110 valence electrons. The molecule has 1 saturated heterocycles. The summed E-state index contributed by atoms with van der Waals surface area (Å²) in [5.41, 5.74) is 2.51. The Hall–Kier alpha value is -0.580. The lowest BCUT2D eigenvalue weighted by molar-refractivity contribution is -0.0387. The largest absolute Gasteiger partial charge is 0.396 e. The molecule has 3 nitrogen and oxygen atoms in total. The highest BCUT2D eigenvalue weighted by Gasteiger charge is 2.38. The van der Waals surface area contributed by atoms with Gasteiger partial charge in [0.2, 0.25) is 0 Å². The van der Waals surface area contributed by atoms with Gasteiger partial charge in [0, 0.05) is 40.9 Å². The Kier molecular flexibility index (Phi) is 4.64. The van der Waals surface area contributed by atoms with E-state index in [9.17, 15) is 0 Å². The van der Waals surface area contributed by atoms with E-state index in [4.69, 9.17) is 9.84 Å². The number of hydrogen-bond acceptors (Lipinski definition) is 3. The fourth-order valence-corrected chi connectivity index (χ4v) is 3.89.